The minimum absolute atomic E-state index is 0.0393. The molecular formula is C14H23NO5. The van der Waals surface area contributed by atoms with Crippen LogP contribution in [0, 0.1) is 17.8 Å². The normalized spacial score (nSPS) is 30.6. The Morgan fingerprint density at radius 2 is 2.00 bits per heavy atom. The zero-order valence-electron chi connectivity index (χ0n) is 12.3. The van der Waals surface area contributed by atoms with Gasteiger partial charge in [-0.2, -0.15) is 0 Å². The maximum absolute atomic E-state index is 12.1. The number of carbonyl (C=O) groups excluding carboxylic acids is 1. The van der Waals surface area contributed by atoms with Gasteiger partial charge in [0.25, 0.3) is 0 Å². The number of carboxylic acid groups (broad SMARTS) is 1. The molecule has 0 aromatic carbocycles. The summed E-state index contributed by atoms with van der Waals surface area (Å²) in [4.78, 5) is 25.0. The fraction of sp³-hybridized carbons (Fsp3) is 0.857. The molecule has 0 aliphatic carbocycles. The molecule has 1 N–H and O–H groups in total. The van der Waals surface area contributed by atoms with Gasteiger partial charge in [-0.25, -0.2) is 4.79 Å². The van der Waals surface area contributed by atoms with Gasteiger partial charge in [0.2, 0.25) is 0 Å². The minimum atomic E-state index is -0.840. The molecule has 20 heavy (non-hydrogen) atoms. The van der Waals surface area contributed by atoms with E-state index in [1.165, 1.54) is 4.90 Å². The Bertz CT molecular complexity index is 384. The molecule has 0 bridgehead atoms. The van der Waals surface area contributed by atoms with E-state index in [0.717, 1.165) is 6.42 Å². The molecule has 2 saturated heterocycles. The molecule has 1 amide bonds. The smallest absolute Gasteiger partial charge is 0.410 e. The molecular weight excluding hydrogens is 262 g/mol. The number of amides is 1. The molecule has 1 unspecified atom stereocenters. The lowest BCUT2D eigenvalue weighted by molar-refractivity contribution is -0.143. The second-order valence-electron chi connectivity index (χ2n) is 6.62. The summed E-state index contributed by atoms with van der Waals surface area (Å²) in [6.07, 6.45) is 0.446. The molecule has 2 aliphatic heterocycles. The first-order chi connectivity index (χ1) is 9.28. The van der Waals surface area contributed by atoms with E-state index in [0.29, 0.717) is 19.8 Å². The summed E-state index contributed by atoms with van der Waals surface area (Å²) < 4.78 is 10.7. The highest BCUT2D eigenvalue weighted by atomic mass is 16.6. The fourth-order valence-electron chi connectivity index (χ4n) is 2.93. The number of carbonyl (C=O) groups is 2. The topological polar surface area (TPSA) is 76.1 Å². The summed E-state index contributed by atoms with van der Waals surface area (Å²) in [5.41, 5.74) is -0.565. The van der Waals surface area contributed by atoms with Gasteiger partial charge >= 0.3 is 12.1 Å². The third-order valence-corrected chi connectivity index (χ3v) is 3.90. The van der Waals surface area contributed by atoms with E-state index in [-0.39, 0.29) is 18.4 Å². The molecule has 6 nitrogen and oxygen atoms in total. The van der Waals surface area contributed by atoms with E-state index in [9.17, 15) is 14.7 Å². The molecule has 2 aliphatic rings. The van der Waals surface area contributed by atoms with Crippen LogP contribution in [0.15, 0.2) is 0 Å². The van der Waals surface area contributed by atoms with E-state index in [4.69, 9.17) is 9.47 Å². The third kappa shape index (κ3) is 3.42. The number of likely N-dealkylation sites (tertiary alicyclic amines) is 1. The van der Waals surface area contributed by atoms with E-state index in [2.05, 4.69) is 0 Å². The summed E-state index contributed by atoms with van der Waals surface area (Å²) in [5.74, 6) is -1.17. The average Bonchev–Trinajstić information content (AvgIpc) is 2.95. The van der Waals surface area contributed by atoms with Gasteiger partial charge in [0.15, 0.2) is 0 Å². The lowest BCUT2D eigenvalue weighted by Gasteiger charge is -2.24. The summed E-state index contributed by atoms with van der Waals surface area (Å²) in [5, 5.41) is 9.36. The first kappa shape index (κ1) is 15.1. The summed E-state index contributed by atoms with van der Waals surface area (Å²) in [6, 6.07) is 0. The fourth-order valence-corrected chi connectivity index (χ4v) is 2.93. The van der Waals surface area contributed by atoms with Crippen molar-refractivity contribution in [1.82, 2.24) is 4.90 Å². The Kier molecular flexibility index (Phi) is 4.22. The highest BCUT2D eigenvalue weighted by molar-refractivity contribution is 5.74. The van der Waals surface area contributed by atoms with Crippen molar-refractivity contribution in [2.75, 3.05) is 26.3 Å². The molecule has 0 spiro atoms. The average molecular weight is 285 g/mol. The van der Waals surface area contributed by atoms with Gasteiger partial charge in [-0.1, -0.05) is 0 Å². The highest BCUT2D eigenvalue weighted by Crippen LogP contribution is 2.35. The quantitative estimate of drug-likeness (QED) is 0.833. The second-order valence-corrected chi connectivity index (χ2v) is 6.62. The highest BCUT2D eigenvalue weighted by Gasteiger charge is 2.45. The number of hydrogen-bond donors (Lipinski definition) is 1. The van der Waals surface area contributed by atoms with Gasteiger partial charge in [-0.3, -0.25) is 4.79 Å². The van der Waals surface area contributed by atoms with Crippen LogP contribution in [0.2, 0.25) is 0 Å². The van der Waals surface area contributed by atoms with Gasteiger partial charge in [0.05, 0.1) is 5.92 Å². The van der Waals surface area contributed by atoms with Crippen LogP contribution in [0.5, 0.6) is 0 Å². The van der Waals surface area contributed by atoms with Crippen LogP contribution < -0.4 is 0 Å². The summed E-state index contributed by atoms with van der Waals surface area (Å²) in [6.45, 7) is 7.36. The molecule has 0 radical (unpaired) electrons. The van der Waals surface area contributed by atoms with Gasteiger partial charge in [0, 0.05) is 26.3 Å². The van der Waals surface area contributed by atoms with Crippen molar-refractivity contribution in [1.29, 1.82) is 0 Å². The first-order valence-corrected chi connectivity index (χ1v) is 7.06. The van der Waals surface area contributed by atoms with Crippen LogP contribution >= 0.6 is 0 Å². The van der Waals surface area contributed by atoms with Crippen LogP contribution in [-0.2, 0) is 14.3 Å². The summed E-state index contributed by atoms with van der Waals surface area (Å²) >= 11 is 0. The molecule has 6 heteroatoms. The number of aliphatic carboxylic acids is 1. The van der Waals surface area contributed by atoms with Crippen molar-refractivity contribution in [3.63, 3.8) is 0 Å². The van der Waals surface area contributed by atoms with Crippen molar-refractivity contribution in [3.8, 4) is 0 Å². The largest absolute Gasteiger partial charge is 0.481 e. The molecule has 3 atom stereocenters. The van der Waals surface area contributed by atoms with Crippen LogP contribution in [0.4, 0.5) is 4.79 Å². The lowest BCUT2D eigenvalue weighted by atomic mass is 9.83. The van der Waals surface area contributed by atoms with Gasteiger partial charge in [-0.15, -0.1) is 0 Å². The zero-order chi connectivity index (χ0) is 14.9. The Morgan fingerprint density at radius 1 is 1.30 bits per heavy atom. The predicted octanol–water partition coefficient (Wildman–Crippen LogP) is 1.59. The third-order valence-electron chi connectivity index (χ3n) is 3.90. The number of carboxylic acids is 1. The first-order valence-electron chi connectivity index (χ1n) is 7.06. The van der Waals surface area contributed by atoms with Crippen molar-refractivity contribution < 1.29 is 24.2 Å². The molecule has 0 aromatic rings. The molecule has 114 valence electrons. The number of rotatable bonds is 2. The van der Waals surface area contributed by atoms with E-state index < -0.39 is 23.6 Å². The van der Waals surface area contributed by atoms with Crippen LogP contribution in [-0.4, -0.2) is 54.0 Å². The number of ether oxygens (including phenoxy) is 2. The SMILES string of the molecule is CC(C)(C)OC(=O)N1C[C@@H](C(=O)O)[C@H](C2CCOC2)C1. The second kappa shape index (κ2) is 5.60. The lowest BCUT2D eigenvalue weighted by Crippen LogP contribution is -2.36. The Labute approximate surface area is 119 Å². The monoisotopic (exact) mass is 285 g/mol. The van der Waals surface area contributed by atoms with Crippen LogP contribution in [0.1, 0.15) is 27.2 Å². The van der Waals surface area contributed by atoms with Crippen LogP contribution in [0.3, 0.4) is 0 Å². The standard InChI is InChI=1S/C14H23NO5/c1-14(2,3)20-13(18)15-6-10(9-4-5-19-8-9)11(7-15)12(16)17/h9-11H,4-8H2,1-3H3,(H,16,17)/t9?,10-,11+/m0/s1. The number of hydrogen-bond acceptors (Lipinski definition) is 4. The van der Waals surface area contributed by atoms with Crippen molar-refractivity contribution >= 4 is 12.1 Å². The van der Waals surface area contributed by atoms with Crippen LogP contribution in [0.25, 0.3) is 0 Å². The van der Waals surface area contributed by atoms with E-state index in [1.807, 2.05) is 0 Å². The van der Waals surface area contributed by atoms with Crippen molar-refractivity contribution in [2.45, 2.75) is 32.8 Å². The van der Waals surface area contributed by atoms with Crippen molar-refractivity contribution in [3.05, 3.63) is 0 Å². The van der Waals surface area contributed by atoms with E-state index in [1.54, 1.807) is 20.8 Å². The minimum Gasteiger partial charge on any atom is -0.481 e. The predicted molar refractivity (Wildman–Crippen MR) is 71.3 cm³/mol. The molecule has 2 fully saturated rings. The molecule has 0 saturated carbocycles. The maximum Gasteiger partial charge on any atom is 0.410 e. The Morgan fingerprint density at radius 3 is 2.50 bits per heavy atom. The Balaban J connectivity index is 2.03. The van der Waals surface area contributed by atoms with E-state index >= 15 is 0 Å². The summed E-state index contributed by atoms with van der Waals surface area (Å²) in [7, 11) is 0. The van der Waals surface area contributed by atoms with Gasteiger partial charge < -0.3 is 19.5 Å². The maximum atomic E-state index is 12.1. The zero-order valence-corrected chi connectivity index (χ0v) is 12.3. The van der Waals surface area contributed by atoms with Crippen molar-refractivity contribution in [2.24, 2.45) is 17.8 Å². The van der Waals surface area contributed by atoms with Gasteiger partial charge in [-0.05, 0) is 39.0 Å². The van der Waals surface area contributed by atoms with Gasteiger partial charge in [0.1, 0.15) is 5.60 Å². The molecule has 2 heterocycles. The molecule has 0 aromatic heterocycles. The molecule has 2 rings (SSSR count). The number of nitrogens with zero attached hydrogens (tertiary/aromatic N) is 1. The Hall–Kier alpha value is -1.30.